The van der Waals surface area contributed by atoms with Crippen molar-refractivity contribution in [3.8, 4) is 5.75 Å². The molecule has 0 amide bonds. The lowest BCUT2D eigenvalue weighted by atomic mass is 10.2. The standard InChI is InChI=1S/C31H31N3O5S/c35-30-9-7-23-6-8-25(20-28(23)34(30)22-39-31(36)24-10-18-37-21-24)38-17-2-1-12-32-13-15-33(16-14-32)27-4-3-5-29-26(27)11-19-40-29/h3-11,18-21H,1-2,12-17,22H2. The summed E-state index contributed by atoms with van der Waals surface area (Å²) < 4.78 is 19.1. The van der Waals surface area contributed by atoms with Crippen LogP contribution in [0.5, 0.6) is 5.75 Å². The Hall–Kier alpha value is -4.08. The van der Waals surface area contributed by atoms with Crippen LogP contribution in [-0.4, -0.2) is 54.8 Å². The van der Waals surface area contributed by atoms with Crippen LogP contribution in [0.1, 0.15) is 23.2 Å². The Kier molecular flexibility index (Phi) is 7.83. The number of furan rings is 1. The van der Waals surface area contributed by atoms with Crippen LogP contribution in [0, 0.1) is 0 Å². The van der Waals surface area contributed by atoms with E-state index in [4.69, 9.17) is 13.9 Å². The van der Waals surface area contributed by atoms with Crippen LogP contribution in [0.15, 0.2) is 87.8 Å². The maximum Gasteiger partial charge on any atom is 0.343 e. The molecule has 2 aromatic carbocycles. The van der Waals surface area contributed by atoms with Gasteiger partial charge < -0.3 is 18.8 Å². The summed E-state index contributed by atoms with van der Waals surface area (Å²) in [6.07, 6.45) is 4.71. The number of piperazine rings is 1. The van der Waals surface area contributed by atoms with E-state index in [2.05, 4.69) is 39.4 Å². The zero-order chi connectivity index (χ0) is 27.3. The van der Waals surface area contributed by atoms with Crippen molar-refractivity contribution in [2.75, 3.05) is 44.2 Å². The summed E-state index contributed by atoms with van der Waals surface area (Å²) in [4.78, 5) is 29.8. The number of thiophene rings is 1. The summed E-state index contributed by atoms with van der Waals surface area (Å²) >= 11 is 1.80. The minimum atomic E-state index is -0.550. The molecular weight excluding hydrogens is 526 g/mol. The molecule has 0 aliphatic carbocycles. The second-order valence-electron chi connectivity index (χ2n) is 9.89. The average molecular weight is 558 g/mol. The lowest BCUT2D eigenvalue weighted by Crippen LogP contribution is -2.46. The lowest BCUT2D eigenvalue weighted by molar-refractivity contribution is 0.0373. The summed E-state index contributed by atoms with van der Waals surface area (Å²) in [6, 6.07) is 19.2. The molecule has 0 radical (unpaired) electrons. The monoisotopic (exact) mass is 557 g/mol. The first kappa shape index (κ1) is 26.2. The van der Waals surface area contributed by atoms with E-state index in [1.807, 2.05) is 18.2 Å². The Morgan fingerprint density at radius 1 is 0.975 bits per heavy atom. The molecule has 0 N–H and O–H groups in total. The minimum Gasteiger partial charge on any atom is -0.494 e. The summed E-state index contributed by atoms with van der Waals surface area (Å²) in [5.41, 5.74) is 2.05. The second kappa shape index (κ2) is 12.0. The maximum atomic E-state index is 12.5. The first-order chi connectivity index (χ1) is 19.7. The number of hydrogen-bond donors (Lipinski definition) is 0. The molecule has 0 unspecified atom stereocenters. The van der Waals surface area contributed by atoms with E-state index in [1.165, 1.54) is 45.0 Å². The van der Waals surface area contributed by atoms with Gasteiger partial charge in [0.25, 0.3) is 5.56 Å². The molecular formula is C31H31N3O5S. The topological polar surface area (TPSA) is 77.2 Å². The Balaban J connectivity index is 0.979. The fourth-order valence-electron chi connectivity index (χ4n) is 5.17. The van der Waals surface area contributed by atoms with Gasteiger partial charge in [0.05, 0.1) is 24.0 Å². The van der Waals surface area contributed by atoms with Gasteiger partial charge in [0, 0.05) is 54.1 Å². The number of aromatic nitrogens is 1. The van der Waals surface area contributed by atoms with Crippen LogP contribution >= 0.6 is 11.3 Å². The van der Waals surface area contributed by atoms with Crippen LogP contribution in [-0.2, 0) is 11.5 Å². The maximum absolute atomic E-state index is 12.5. The molecule has 6 rings (SSSR count). The normalized spacial score (nSPS) is 14.2. The lowest BCUT2D eigenvalue weighted by Gasteiger charge is -2.36. The van der Waals surface area contributed by atoms with E-state index in [0.717, 1.165) is 51.0 Å². The number of esters is 1. The third-order valence-corrected chi connectivity index (χ3v) is 8.25. The number of nitrogens with zero attached hydrogens (tertiary/aromatic N) is 3. The Morgan fingerprint density at radius 2 is 1.85 bits per heavy atom. The van der Waals surface area contributed by atoms with Gasteiger partial charge in [-0.15, -0.1) is 11.3 Å². The molecule has 4 heterocycles. The number of pyridine rings is 1. The molecule has 3 aromatic heterocycles. The molecule has 8 nitrogen and oxygen atoms in total. The first-order valence-corrected chi connectivity index (χ1v) is 14.4. The van der Waals surface area contributed by atoms with Gasteiger partial charge in [-0.25, -0.2) is 4.79 Å². The fourth-order valence-corrected chi connectivity index (χ4v) is 5.98. The predicted molar refractivity (Wildman–Crippen MR) is 158 cm³/mol. The van der Waals surface area contributed by atoms with E-state index in [1.54, 1.807) is 17.4 Å². The molecule has 0 bridgehead atoms. The van der Waals surface area contributed by atoms with Gasteiger partial charge in [0.1, 0.15) is 12.0 Å². The third kappa shape index (κ3) is 5.76. The van der Waals surface area contributed by atoms with E-state index in [0.29, 0.717) is 23.4 Å². The highest BCUT2D eigenvalue weighted by molar-refractivity contribution is 7.17. The van der Waals surface area contributed by atoms with Crippen molar-refractivity contribution in [3.63, 3.8) is 0 Å². The highest BCUT2D eigenvalue weighted by Crippen LogP contribution is 2.31. The van der Waals surface area contributed by atoms with Gasteiger partial charge in [-0.2, -0.15) is 0 Å². The molecule has 40 heavy (non-hydrogen) atoms. The molecule has 9 heteroatoms. The minimum absolute atomic E-state index is 0.195. The van der Waals surface area contributed by atoms with Gasteiger partial charge >= 0.3 is 5.97 Å². The fraction of sp³-hybridized carbons (Fsp3) is 0.290. The Labute approximate surface area is 235 Å². The van der Waals surface area contributed by atoms with Gasteiger partial charge in [0.15, 0.2) is 6.73 Å². The van der Waals surface area contributed by atoms with Gasteiger partial charge in [0.2, 0.25) is 0 Å². The summed E-state index contributed by atoms with van der Waals surface area (Å²) in [5, 5.41) is 4.39. The molecule has 206 valence electrons. The third-order valence-electron chi connectivity index (χ3n) is 7.37. The van der Waals surface area contributed by atoms with Crippen LogP contribution in [0.3, 0.4) is 0 Å². The average Bonchev–Trinajstić information content (AvgIpc) is 3.70. The zero-order valence-corrected chi connectivity index (χ0v) is 23.0. The molecule has 5 aromatic rings. The molecule has 0 atom stereocenters. The smallest absolute Gasteiger partial charge is 0.343 e. The van der Waals surface area contributed by atoms with Crippen LogP contribution in [0.25, 0.3) is 21.0 Å². The molecule has 0 spiro atoms. The number of carbonyl (C=O) groups excluding carboxylic acids is 1. The number of carbonyl (C=O) groups is 1. The predicted octanol–water partition coefficient (Wildman–Crippen LogP) is 5.60. The number of anilines is 1. The van der Waals surface area contributed by atoms with Crippen molar-refractivity contribution in [2.45, 2.75) is 19.6 Å². The van der Waals surface area contributed by atoms with Crippen molar-refractivity contribution in [1.82, 2.24) is 9.47 Å². The van der Waals surface area contributed by atoms with E-state index < -0.39 is 5.97 Å². The van der Waals surface area contributed by atoms with E-state index in [-0.39, 0.29) is 12.3 Å². The van der Waals surface area contributed by atoms with E-state index in [9.17, 15) is 9.59 Å². The number of fused-ring (bicyclic) bond motifs is 2. The van der Waals surface area contributed by atoms with Gasteiger partial charge in [-0.3, -0.25) is 14.3 Å². The highest BCUT2D eigenvalue weighted by Gasteiger charge is 2.18. The number of hydrogen-bond acceptors (Lipinski definition) is 8. The number of rotatable bonds is 10. The van der Waals surface area contributed by atoms with Gasteiger partial charge in [-0.1, -0.05) is 6.07 Å². The quantitative estimate of drug-likeness (QED) is 0.163. The van der Waals surface area contributed by atoms with E-state index >= 15 is 0 Å². The van der Waals surface area contributed by atoms with Crippen LogP contribution < -0.4 is 15.2 Å². The van der Waals surface area contributed by atoms with Gasteiger partial charge in [-0.05, 0) is 72.6 Å². The number of unbranched alkanes of at least 4 members (excludes halogenated alkanes) is 1. The van der Waals surface area contributed by atoms with Crippen molar-refractivity contribution < 1.29 is 18.7 Å². The zero-order valence-electron chi connectivity index (χ0n) is 22.2. The number of ether oxygens (including phenoxy) is 2. The molecule has 1 saturated heterocycles. The summed E-state index contributed by atoms with van der Waals surface area (Å²) in [6.45, 7) is 5.67. The summed E-state index contributed by atoms with van der Waals surface area (Å²) in [5.74, 6) is 0.135. The molecule has 0 saturated carbocycles. The molecule has 1 fully saturated rings. The van der Waals surface area contributed by atoms with Crippen LogP contribution in [0.2, 0.25) is 0 Å². The summed E-state index contributed by atoms with van der Waals surface area (Å²) in [7, 11) is 0. The molecule has 1 aliphatic heterocycles. The molecule has 1 aliphatic rings. The van der Waals surface area contributed by atoms with Crippen molar-refractivity contribution >= 4 is 44.0 Å². The second-order valence-corrected chi connectivity index (χ2v) is 10.8. The van der Waals surface area contributed by atoms with Crippen molar-refractivity contribution in [2.24, 2.45) is 0 Å². The van der Waals surface area contributed by atoms with Crippen molar-refractivity contribution in [3.05, 3.63) is 94.5 Å². The van der Waals surface area contributed by atoms with Crippen LogP contribution in [0.4, 0.5) is 5.69 Å². The van der Waals surface area contributed by atoms with Crippen molar-refractivity contribution in [1.29, 1.82) is 0 Å². The Morgan fingerprint density at radius 3 is 2.70 bits per heavy atom. The first-order valence-electron chi connectivity index (χ1n) is 13.5. The number of benzene rings is 2. The Bertz CT molecular complexity index is 1650. The largest absolute Gasteiger partial charge is 0.494 e. The SMILES string of the molecule is O=C(OCn1c(=O)ccc2ccc(OCCCCN3CCN(c4cccc5sccc45)CC3)cc21)c1ccoc1. The highest BCUT2D eigenvalue weighted by atomic mass is 32.1.